The van der Waals surface area contributed by atoms with Gasteiger partial charge in [-0.2, -0.15) is 5.10 Å². The highest BCUT2D eigenvalue weighted by Gasteiger charge is 2.20. The van der Waals surface area contributed by atoms with Gasteiger partial charge in [-0.1, -0.05) is 34.8 Å². The number of fused-ring (bicyclic) bond motifs is 1. The van der Waals surface area contributed by atoms with Crippen LogP contribution in [0, 0.1) is 0 Å². The Morgan fingerprint density at radius 1 is 1.42 bits per heavy atom. The van der Waals surface area contributed by atoms with Crippen molar-refractivity contribution in [3.63, 3.8) is 0 Å². The lowest BCUT2D eigenvalue weighted by Crippen LogP contribution is -2.24. The summed E-state index contributed by atoms with van der Waals surface area (Å²) in [5.74, 6) is 0.662. The molecule has 0 amide bonds. The third-order valence-corrected chi connectivity index (χ3v) is 4.64. The van der Waals surface area contributed by atoms with Crippen molar-refractivity contribution in [3.05, 3.63) is 33.3 Å². The number of rotatable bonds is 2. The molecule has 0 bridgehead atoms. The van der Waals surface area contributed by atoms with Gasteiger partial charge in [0, 0.05) is 26.8 Å². The Hall–Kier alpha value is -0.460. The minimum Gasteiger partial charge on any atom is -0.375 e. The van der Waals surface area contributed by atoms with E-state index in [1.165, 1.54) is 0 Å². The van der Waals surface area contributed by atoms with E-state index in [4.69, 9.17) is 40.5 Å². The zero-order valence-electron chi connectivity index (χ0n) is 9.41. The summed E-state index contributed by atoms with van der Waals surface area (Å²) in [6.07, 6.45) is 1.59. The summed E-state index contributed by atoms with van der Waals surface area (Å²) >= 11 is 24.7. The predicted octanol–water partition coefficient (Wildman–Crippen LogP) is 3.87. The second-order valence-electron chi connectivity index (χ2n) is 3.63. The second-order valence-corrected chi connectivity index (χ2v) is 6.27. The maximum atomic E-state index is 6.34. The Morgan fingerprint density at radius 3 is 2.84 bits per heavy atom. The van der Waals surface area contributed by atoms with E-state index >= 15 is 0 Å². The molecule has 8 heteroatoms. The van der Waals surface area contributed by atoms with E-state index in [0.717, 1.165) is 16.0 Å². The summed E-state index contributed by atoms with van der Waals surface area (Å²) in [5.41, 5.74) is 9.42. The van der Waals surface area contributed by atoms with Crippen LogP contribution in [0.2, 0.25) is 10.0 Å². The first-order valence-electron chi connectivity index (χ1n) is 5.08. The van der Waals surface area contributed by atoms with Crippen LogP contribution < -0.4 is 11.2 Å². The van der Waals surface area contributed by atoms with Gasteiger partial charge in [-0.05, 0) is 24.4 Å². The number of thiocarbonyl (C=S) groups is 1. The Labute approximate surface area is 135 Å². The number of hydrogen-bond donors (Lipinski definition) is 2. The topological polar surface area (TPSA) is 50.4 Å². The van der Waals surface area contributed by atoms with E-state index in [2.05, 4.69) is 22.7 Å². The number of nitrogens with zero attached hydrogens (tertiary/aromatic N) is 1. The van der Waals surface area contributed by atoms with Crippen molar-refractivity contribution < 1.29 is 0 Å². The number of thioether (sulfide) groups is 1. The van der Waals surface area contributed by atoms with Gasteiger partial charge in [0.05, 0.1) is 16.3 Å². The smallest absolute Gasteiger partial charge is 0.184 e. The second kappa shape index (κ2) is 6.33. The van der Waals surface area contributed by atoms with Crippen molar-refractivity contribution in [1.29, 1.82) is 0 Å². The van der Waals surface area contributed by atoms with Gasteiger partial charge in [-0.15, -0.1) is 11.8 Å². The summed E-state index contributed by atoms with van der Waals surface area (Å²) in [6.45, 7) is 0. The van der Waals surface area contributed by atoms with E-state index in [1.807, 2.05) is 0 Å². The summed E-state index contributed by atoms with van der Waals surface area (Å²) in [5, 5.41) is 5.72. The third kappa shape index (κ3) is 3.55. The van der Waals surface area contributed by atoms with E-state index in [9.17, 15) is 0 Å². The third-order valence-electron chi connectivity index (χ3n) is 2.29. The van der Waals surface area contributed by atoms with Crippen LogP contribution in [0.15, 0.2) is 27.7 Å². The molecule has 0 fully saturated rings. The first kappa shape index (κ1) is 14.9. The molecule has 0 radical (unpaired) electrons. The molecule has 0 saturated carbocycles. The highest BCUT2D eigenvalue weighted by atomic mass is 35.5. The molecule has 0 aromatic heterocycles. The summed E-state index contributed by atoms with van der Waals surface area (Å²) in [4.78, 5) is 0.926. The van der Waals surface area contributed by atoms with Gasteiger partial charge in [0.1, 0.15) is 0 Å². The van der Waals surface area contributed by atoms with Gasteiger partial charge < -0.3 is 5.73 Å². The van der Waals surface area contributed by atoms with Crippen molar-refractivity contribution in [2.24, 2.45) is 10.8 Å². The van der Waals surface area contributed by atoms with Crippen LogP contribution in [0.5, 0.6) is 0 Å². The number of halogens is 3. The Bertz CT molecular complexity index is 599. The average molecular weight is 353 g/mol. The lowest BCUT2D eigenvalue weighted by Gasteiger charge is -2.18. The zero-order valence-corrected chi connectivity index (χ0v) is 13.3. The molecular formula is C11H8Cl3N3S2. The van der Waals surface area contributed by atoms with Crippen LogP contribution >= 0.6 is 58.8 Å². The maximum Gasteiger partial charge on any atom is 0.184 e. The Balaban J connectivity index is 2.37. The molecule has 2 rings (SSSR count). The molecule has 100 valence electrons. The van der Waals surface area contributed by atoms with E-state index in [-0.39, 0.29) is 5.11 Å². The minimum absolute atomic E-state index is 0.0999. The first-order valence-corrected chi connectivity index (χ1v) is 7.61. The largest absolute Gasteiger partial charge is 0.375 e. The van der Waals surface area contributed by atoms with Gasteiger partial charge in [0.25, 0.3) is 0 Å². The van der Waals surface area contributed by atoms with Crippen molar-refractivity contribution in [1.82, 2.24) is 5.43 Å². The molecule has 0 aliphatic carbocycles. The van der Waals surface area contributed by atoms with E-state index < -0.39 is 0 Å². The molecule has 1 aliphatic heterocycles. The molecule has 1 aromatic carbocycles. The molecule has 0 unspecified atom stereocenters. The molecule has 19 heavy (non-hydrogen) atoms. The average Bonchev–Trinajstić information content (AvgIpc) is 2.32. The Morgan fingerprint density at radius 2 is 2.16 bits per heavy atom. The van der Waals surface area contributed by atoms with Gasteiger partial charge in [-0.25, -0.2) is 0 Å². The van der Waals surface area contributed by atoms with Crippen molar-refractivity contribution in [2.75, 3.05) is 5.75 Å². The molecule has 1 heterocycles. The molecule has 0 saturated heterocycles. The lowest BCUT2D eigenvalue weighted by atomic mass is 10.1. The summed E-state index contributed by atoms with van der Waals surface area (Å²) < 4.78 is 0. The van der Waals surface area contributed by atoms with Gasteiger partial charge in [-0.3, -0.25) is 5.43 Å². The van der Waals surface area contributed by atoms with E-state index in [0.29, 0.717) is 20.8 Å². The summed E-state index contributed by atoms with van der Waals surface area (Å²) in [7, 11) is 0. The molecular weight excluding hydrogens is 345 g/mol. The van der Waals surface area contributed by atoms with Crippen LogP contribution in [0.25, 0.3) is 5.03 Å². The predicted molar refractivity (Wildman–Crippen MR) is 88.4 cm³/mol. The fourth-order valence-corrected chi connectivity index (χ4v) is 3.67. The summed E-state index contributed by atoms with van der Waals surface area (Å²) in [6, 6.07) is 3.48. The lowest BCUT2D eigenvalue weighted by molar-refractivity contribution is 1.04. The zero-order chi connectivity index (χ0) is 14.0. The fraction of sp³-hybridized carbons (Fsp3) is 0.0909. The standard InChI is InChI=1S/C11H8Cl3N3S2/c12-6-1-7-9(14)5(3-16-17-11(15)18)4-19-10(7)8(13)2-6/h1-3H,4H2,(H3,15,17,18). The highest BCUT2D eigenvalue weighted by Crippen LogP contribution is 2.43. The maximum absolute atomic E-state index is 6.34. The van der Waals surface area contributed by atoms with Crippen LogP contribution in [-0.4, -0.2) is 17.1 Å². The number of nitrogens with two attached hydrogens (primary N) is 1. The molecule has 0 spiro atoms. The van der Waals surface area contributed by atoms with E-state index in [1.54, 1.807) is 30.1 Å². The molecule has 3 N–H and O–H groups in total. The monoisotopic (exact) mass is 351 g/mol. The minimum atomic E-state index is 0.0999. The number of hydrogen-bond acceptors (Lipinski definition) is 3. The van der Waals surface area contributed by atoms with Crippen molar-refractivity contribution in [3.8, 4) is 0 Å². The van der Waals surface area contributed by atoms with Gasteiger partial charge in [0.2, 0.25) is 0 Å². The van der Waals surface area contributed by atoms with Crippen LogP contribution in [0.4, 0.5) is 0 Å². The van der Waals surface area contributed by atoms with Crippen LogP contribution in [0.1, 0.15) is 5.56 Å². The van der Waals surface area contributed by atoms with Crippen LogP contribution in [0.3, 0.4) is 0 Å². The van der Waals surface area contributed by atoms with Crippen LogP contribution in [-0.2, 0) is 0 Å². The fourth-order valence-electron chi connectivity index (χ4n) is 1.52. The highest BCUT2D eigenvalue weighted by molar-refractivity contribution is 7.99. The molecule has 1 aliphatic rings. The molecule has 0 atom stereocenters. The SMILES string of the molecule is NC(=S)NN=CC1=C(Cl)c2cc(Cl)cc(Cl)c2SC1. The Kier molecular flexibility index (Phi) is 4.97. The van der Waals surface area contributed by atoms with Crippen molar-refractivity contribution >= 4 is 75.1 Å². The first-order chi connectivity index (χ1) is 8.99. The van der Waals surface area contributed by atoms with Gasteiger partial charge >= 0.3 is 0 Å². The van der Waals surface area contributed by atoms with Gasteiger partial charge in [0.15, 0.2) is 5.11 Å². The van der Waals surface area contributed by atoms with Crippen molar-refractivity contribution in [2.45, 2.75) is 4.90 Å². The molecule has 1 aromatic rings. The number of hydrazone groups is 1. The number of nitrogens with one attached hydrogen (secondary N) is 1. The molecule has 3 nitrogen and oxygen atoms in total. The normalized spacial score (nSPS) is 14.7. The quantitative estimate of drug-likeness (QED) is 0.482. The number of benzene rings is 1.